The first-order valence-corrected chi connectivity index (χ1v) is 7.11. The largest absolute Gasteiger partial charge is 0.366 e. The molecule has 7 heteroatoms. The number of carbonyl (C=O) groups is 1. The molecule has 21 heavy (non-hydrogen) atoms. The molecule has 2 aliphatic rings. The van der Waals surface area contributed by atoms with Gasteiger partial charge < -0.3 is 15.5 Å². The van der Waals surface area contributed by atoms with Gasteiger partial charge in [-0.25, -0.2) is 13.8 Å². The molecule has 0 radical (unpaired) electrons. The molecule has 2 fully saturated rings. The lowest BCUT2D eigenvalue weighted by Crippen LogP contribution is -2.43. The number of halogens is 2. The molecular formula is C14H18F2N4O. The Morgan fingerprint density at radius 3 is 3.00 bits per heavy atom. The van der Waals surface area contributed by atoms with E-state index in [-0.39, 0.29) is 31.0 Å². The van der Waals surface area contributed by atoms with Crippen LogP contribution in [0.5, 0.6) is 0 Å². The highest BCUT2D eigenvalue weighted by Crippen LogP contribution is 2.28. The predicted molar refractivity (Wildman–Crippen MR) is 74.2 cm³/mol. The SMILES string of the molecule is O=C([C@@H]1C[C@H](Nc2ccccn2)CN1)N1CCC(F)(F)C1. The molecule has 0 aliphatic carbocycles. The molecular weight excluding hydrogens is 278 g/mol. The second-order valence-corrected chi connectivity index (χ2v) is 5.62. The van der Waals surface area contributed by atoms with Crippen molar-refractivity contribution >= 4 is 11.7 Å². The van der Waals surface area contributed by atoms with Gasteiger partial charge in [-0.2, -0.15) is 0 Å². The van der Waals surface area contributed by atoms with Crippen LogP contribution in [0, 0.1) is 0 Å². The summed E-state index contributed by atoms with van der Waals surface area (Å²) >= 11 is 0. The zero-order valence-electron chi connectivity index (χ0n) is 11.6. The number of nitrogens with one attached hydrogen (secondary N) is 2. The Morgan fingerprint density at radius 2 is 2.33 bits per heavy atom. The van der Waals surface area contributed by atoms with Crippen LogP contribution in [0.3, 0.4) is 0 Å². The highest BCUT2D eigenvalue weighted by atomic mass is 19.3. The third kappa shape index (κ3) is 3.29. The Bertz CT molecular complexity index is 511. The first-order chi connectivity index (χ1) is 10.0. The predicted octanol–water partition coefficient (Wildman–Crippen LogP) is 1.09. The Kier molecular flexibility index (Phi) is 3.75. The number of hydrogen-bond donors (Lipinski definition) is 2. The summed E-state index contributed by atoms with van der Waals surface area (Å²) in [5.74, 6) is -2.21. The van der Waals surface area contributed by atoms with Crippen LogP contribution in [0.15, 0.2) is 24.4 Å². The molecule has 5 nitrogen and oxygen atoms in total. The standard InChI is InChI=1S/C14H18F2N4O/c15-14(16)4-6-20(9-14)13(21)11-7-10(8-18-11)19-12-3-1-2-5-17-12/h1-3,5,10-11,18H,4,6-9H2,(H,17,19)/t10-,11-/m0/s1. The van der Waals surface area contributed by atoms with Crippen LogP contribution >= 0.6 is 0 Å². The Hall–Kier alpha value is -1.76. The van der Waals surface area contributed by atoms with Crippen molar-refractivity contribution in [2.24, 2.45) is 0 Å². The van der Waals surface area contributed by atoms with Crippen LogP contribution in [-0.2, 0) is 4.79 Å². The van der Waals surface area contributed by atoms with Crippen LogP contribution in [0.4, 0.5) is 14.6 Å². The first kappa shape index (κ1) is 14.2. The third-order valence-electron chi connectivity index (χ3n) is 3.93. The zero-order valence-corrected chi connectivity index (χ0v) is 11.6. The average molecular weight is 296 g/mol. The van der Waals surface area contributed by atoms with Gasteiger partial charge >= 0.3 is 0 Å². The Labute approximate surface area is 121 Å². The van der Waals surface area contributed by atoms with E-state index in [1.807, 2.05) is 18.2 Å². The van der Waals surface area contributed by atoms with E-state index in [4.69, 9.17) is 0 Å². The molecule has 2 aliphatic heterocycles. The molecule has 114 valence electrons. The average Bonchev–Trinajstić information content (AvgIpc) is 3.06. The van der Waals surface area contributed by atoms with Crippen LogP contribution in [0.1, 0.15) is 12.8 Å². The van der Waals surface area contributed by atoms with E-state index in [0.29, 0.717) is 13.0 Å². The fraction of sp³-hybridized carbons (Fsp3) is 0.571. The van der Waals surface area contributed by atoms with Gasteiger partial charge in [0.15, 0.2) is 0 Å². The van der Waals surface area contributed by atoms with Crippen molar-refractivity contribution in [1.82, 2.24) is 15.2 Å². The lowest BCUT2D eigenvalue weighted by atomic mass is 10.1. The molecule has 0 unspecified atom stereocenters. The maximum absolute atomic E-state index is 13.2. The molecule has 3 heterocycles. The van der Waals surface area contributed by atoms with Gasteiger partial charge in [0.1, 0.15) is 5.82 Å². The van der Waals surface area contributed by atoms with E-state index in [1.54, 1.807) is 6.20 Å². The van der Waals surface area contributed by atoms with Gasteiger partial charge in [-0.15, -0.1) is 0 Å². The number of aromatic nitrogens is 1. The molecule has 1 aromatic rings. The van der Waals surface area contributed by atoms with Gasteiger partial charge in [0.05, 0.1) is 12.6 Å². The molecule has 0 spiro atoms. The van der Waals surface area contributed by atoms with E-state index in [9.17, 15) is 13.6 Å². The first-order valence-electron chi connectivity index (χ1n) is 7.11. The van der Waals surface area contributed by atoms with E-state index in [2.05, 4.69) is 15.6 Å². The molecule has 0 bridgehead atoms. The van der Waals surface area contributed by atoms with Gasteiger partial charge in [0.2, 0.25) is 5.91 Å². The van der Waals surface area contributed by atoms with Crippen molar-refractivity contribution < 1.29 is 13.6 Å². The van der Waals surface area contributed by atoms with Gasteiger partial charge in [-0.1, -0.05) is 6.07 Å². The summed E-state index contributed by atoms with van der Waals surface area (Å²) in [7, 11) is 0. The van der Waals surface area contributed by atoms with Gasteiger partial charge in [0.25, 0.3) is 5.92 Å². The molecule has 3 rings (SSSR count). The summed E-state index contributed by atoms with van der Waals surface area (Å²) < 4.78 is 26.3. The van der Waals surface area contributed by atoms with E-state index >= 15 is 0 Å². The highest BCUT2D eigenvalue weighted by Gasteiger charge is 2.43. The smallest absolute Gasteiger partial charge is 0.267 e. The van der Waals surface area contributed by atoms with Crippen molar-refractivity contribution in [1.29, 1.82) is 0 Å². The van der Waals surface area contributed by atoms with Crippen molar-refractivity contribution in [3.63, 3.8) is 0 Å². The molecule has 0 saturated carbocycles. The summed E-state index contributed by atoms with van der Waals surface area (Å²) in [6.45, 7) is 0.307. The topological polar surface area (TPSA) is 57.3 Å². The summed E-state index contributed by atoms with van der Waals surface area (Å²) in [5.41, 5.74) is 0. The fourth-order valence-electron chi connectivity index (χ4n) is 2.84. The van der Waals surface area contributed by atoms with E-state index in [0.717, 1.165) is 5.82 Å². The van der Waals surface area contributed by atoms with Crippen LogP contribution < -0.4 is 10.6 Å². The lowest BCUT2D eigenvalue weighted by molar-refractivity contribution is -0.133. The number of carbonyl (C=O) groups excluding carboxylic acids is 1. The Balaban J connectivity index is 1.54. The molecule has 1 amide bonds. The second-order valence-electron chi connectivity index (χ2n) is 5.62. The number of amides is 1. The minimum absolute atomic E-state index is 0.0805. The van der Waals surface area contributed by atoms with Crippen molar-refractivity contribution in [3.05, 3.63) is 24.4 Å². The van der Waals surface area contributed by atoms with Crippen molar-refractivity contribution in [2.45, 2.75) is 30.8 Å². The number of rotatable bonds is 3. The van der Waals surface area contributed by atoms with Gasteiger partial charge in [-0.3, -0.25) is 4.79 Å². The summed E-state index contributed by atoms with van der Waals surface area (Å²) in [4.78, 5) is 17.7. The normalized spacial score (nSPS) is 27.8. The second kappa shape index (κ2) is 5.55. The fourth-order valence-corrected chi connectivity index (χ4v) is 2.84. The maximum Gasteiger partial charge on any atom is 0.267 e. The summed E-state index contributed by atoms with van der Waals surface area (Å²) in [5, 5.41) is 6.34. The monoisotopic (exact) mass is 296 g/mol. The van der Waals surface area contributed by atoms with Gasteiger partial charge in [-0.05, 0) is 18.6 Å². The number of hydrogen-bond acceptors (Lipinski definition) is 4. The Morgan fingerprint density at radius 1 is 1.48 bits per heavy atom. The van der Waals surface area contributed by atoms with Gasteiger partial charge in [0, 0.05) is 31.7 Å². The minimum Gasteiger partial charge on any atom is -0.366 e. The lowest BCUT2D eigenvalue weighted by Gasteiger charge is -2.20. The number of nitrogens with zero attached hydrogens (tertiary/aromatic N) is 2. The number of likely N-dealkylation sites (tertiary alicyclic amines) is 1. The molecule has 2 N–H and O–H groups in total. The van der Waals surface area contributed by atoms with E-state index < -0.39 is 12.5 Å². The molecule has 2 saturated heterocycles. The number of anilines is 1. The van der Waals surface area contributed by atoms with Crippen LogP contribution in [0.25, 0.3) is 0 Å². The molecule has 1 aromatic heterocycles. The van der Waals surface area contributed by atoms with Crippen molar-refractivity contribution in [2.75, 3.05) is 25.0 Å². The zero-order chi connectivity index (χ0) is 14.9. The van der Waals surface area contributed by atoms with Crippen LogP contribution in [0.2, 0.25) is 0 Å². The van der Waals surface area contributed by atoms with Crippen LogP contribution in [-0.4, -0.2) is 53.4 Å². The third-order valence-corrected chi connectivity index (χ3v) is 3.93. The quantitative estimate of drug-likeness (QED) is 0.877. The number of alkyl halides is 2. The molecule has 2 atom stereocenters. The minimum atomic E-state index is -2.74. The van der Waals surface area contributed by atoms with Crippen molar-refractivity contribution in [3.8, 4) is 0 Å². The number of pyridine rings is 1. The maximum atomic E-state index is 13.2. The molecule has 0 aromatic carbocycles. The summed E-state index contributed by atoms with van der Waals surface area (Å²) in [6.07, 6.45) is 2.04. The summed E-state index contributed by atoms with van der Waals surface area (Å²) in [6, 6.07) is 5.26. The highest BCUT2D eigenvalue weighted by molar-refractivity contribution is 5.82. The van der Waals surface area contributed by atoms with E-state index in [1.165, 1.54) is 4.90 Å².